The van der Waals surface area contributed by atoms with Crippen LogP contribution >= 0.6 is 0 Å². The summed E-state index contributed by atoms with van der Waals surface area (Å²) in [6.07, 6.45) is 0. The Bertz CT molecular complexity index is 1510. The van der Waals surface area contributed by atoms with Gasteiger partial charge in [-0.05, 0) is 42.5 Å². The van der Waals surface area contributed by atoms with Gasteiger partial charge < -0.3 is 10.5 Å². The number of ketones is 1. The lowest BCUT2D eigenvalue weighted by molar-refractivity contribution is 0.0474. The average molecular weight is 490 g/mol. The van der Waals surface area contributed by atoms with Crippen molar-refractivity contribution < 1.29 is 27.1 Å². The molecule has 3 rings (SSSR count). The van der Waals surface area contributed by atoms with Gasteiger partial charge >= 0.3 is 11.7 Å². The first kappa shape index (κ1) is 24.4. The van der Waals surface area contributed by atoms with E-state index in [4.69, 9.17) is 10.5 Å². The highest BCUT2D eigenvalue weighted by atomic mass is 32.2. The number of anilines is 2. The van der Waals surface area contributed by atoms with Crippen LogP contribution in [-0.4, -0.2) is 35.9 Å². The van der Waals surface area contributed by atoms with Crippen LogP contribution in [0, 0.1) is 5.82 Å². The molecule has 11 nitrogen and oxygen atoms in total. The third kappa shape index (κ3) is 4.88. The predicted molar refractivity (Wildman–Crippen MR) is 120 cm³/mol. The maximum atomic E-state index is 13.0. The second-order valence-electron chi connectivity index (χ2n) is 7.11. The van der Waals surface area contributed by atoms with Crippen LogP contribution in [0.15, 0.2) is 63.0 Å². The third-order valence-electron chi connectivity index (χ3n) is 4.80. The summed E-state index contributed by atoms with van der Waals surface area (Å²) >= 11 is 0. The van der Waals surface area contributed by atoms with Gasteiger partial charge in [-0.1, -0.05) is 6.07 Å². The number of carbonyl (C=O) groups excluding carboxylic acids is 2. The summed E-state index contributed by atoms with van der Waals surface area (Å²) in [7, 11) is -1.69. The van der Waals surface area contributed by atoms with Crippen LogP contribution in [0.3, 0.4) is 0 Å². The minimum absolute atomic E-state index is 0.108. The molecule has 1 aromatic heterocycles. The molecule has 0 aliphatic rings. The van der Waals surface area contributed by atoms with Crippen LogP contribution in [0.25, 0.3) is 0 Å². The van der Waals surface area contributed by atoms with Gasteiger partial charge in [0.05, 0.1) is 10.5 Å². The monoisotopic (exact) mass is 490 g/mol. The van der Waals surface area contributed by atoms with E-state index in [9.17, 15) is 32.0 Å². The summed E-state index contributed by atoms with van der Waals surface area (Å²) in [4.78, 5) is 48.7. The minimum Gasteiger partial charge on any atom is -0.454 e. The smallest absolute Gasteiger partial charge is 0.338 e. The lowest BCUT2D eigenvalue weighted by Gasteiger charge is -2.11. The molecule has 0 unspecified atom stereocenters. The molecule has 0 bridgehead atoms. The summed E-state index contributed by atoms with van der Waals surface area (Å²) in [5.41, 5.74) is 3.44. The molecule has 0 amide bonds. The lowest BCUT2D eigenvalue weighted by atomic mass is 10.2. The van der Waals surface area contributed by atoms with Gasteiger partial charge in [0.25, 0.3) is 15.6 Å². The second-order valence-corrected chi connectivity index (χ2v) is 8.79. The molecule has 178 valence electrons. The zero-order valence-corrected chi connectivity index (χ0v) is 18.8. The number of sulfonamides is 1. The quantitative estimate of drug-likeness (QED) is 0.361. The fourth-order valence-corrected chi connectivity index (χ4v) is 4.03. The molecule has 0 aliphatic heterocycles. The average Bonchev–Trinajstić information content (AvgIpc) is 2.81. The maximum absolute atomic E-state index is 13.0. The Morgan fingerprint density at radius 2 is 1.71 bits per heavy atom. The highest BCUT2D eigenvalue weighted by Crippen LogP contribution is 2.18. The standard InChI is InChI=1S/C21H19FN4O7S/c1-25-18(23)17(19(28)26(2)21(25)30)16(27)11-33-20(29)12-4-3-5-15(10-12)34(31,32)24-14-8-6-13(22)7-9-14/h3-10,24H,11,23H2,1-2H3. The van der Waals surface area contributed by atoms with Crippen molar-refractivity contribution in [3.8, 4) is 0 Å². The van der Waals surface area contributed by atoms with Gasteiger partial charge in [-0.2, -0.15) is 0 Å². The normalized spacial score (nSPS) is 11.1. The van der Waals surface area contributed by atoms with E-state index in [-0.39, 0.29) is 22.0 Å². The Morgan fingerprint density at radius 1 is 1.06 bits per heavy atom. The highest BCUT2D eigenvalue weighted by molar-refractivity contribution is 7.92. The molecule has 0 saturated heterocycles. The van der Waals surface area contributed by atoms with Crippen LogP contribution in [-0.2, 0) is 28.9 Å². The molecule has 0 saturated carbocycles. The third-order valence-corrected chi connectivity index (χ3v) is 6.18. The summed E-state index contributed by atoms with van der Waals surface area (Å²) in [6.45, 7) is -0.874. The van der Waals surface area contributed by atoms with Crippen LogP contribution in [0.2, 0.25) is 0 Å². The van der Waals surface area contributed by atoms with Crippen LogP contribution in [0.4, 0.5) is 15.9 Å². The molecule has 13 heteroatoms. The highest BCUT2D eigenvalue weighted by Gasteiger charge is 2.22. The Hall–Kier alpha value is -4.26. The van der Waals surface area contributed by atoms with Crippen LogP contribution < -0.4 is 21.7 Å². The molecule has 0 radical (unpaired) electrons. The number of rotatable bonds is 7. The second kappa shape index (κ2) is 9.31. The van der Waals surface area contributed by atoms with E-state index in [0.29, 0.717) is 4.57 Å². The van der Waals surface area contributed by atoms with Gasteiger partial charge in [-0.3, -0.25) is 23.4 Å². The van der Waals surface area contributed by atoms with Gasteiger partial charge in [-0.15, -0.1) is 0 Å². The molecular weight excluding hydrogens is 471 g/mol. The molecule has 0 atom stereocenters. The number of aromatic nitrogens is 2. The summed E-state index contributed by atoms with van der Waals surface area (Å²) in [5, 5.41) is 0. The van der Waals surface area contributed by atoms with Crippen molar-refractivity contribution in [2.75, 3.05) is 17.1 Å². The molecular formula is C21H19FN4O7S. The minimum atomic E-state index is -4.12. The van der Waals surface area contributed by atoms with Gasteiger partial charge in [0.1, 0.15) is 17.2 Å². The predicted octanol–water partition coefficient (Wildman–Crippen LogP) is 0.646. The fraction of sp³-hybridized carbons (Fsp3) is 0.143. The molecule has 1 heterocycles. The number of benzene rings is 2. The first-order valence-electron chi connectivity index (χ1n) is 9.56. The van der Waals surface area contributed by atoms with Gasteiger partial charge in [0.15, 0.2) is 6.61 Å². The number of esters is 1. The van der Waals surface area contributed by atoms with E-state index in [1.54, 1.807) is 0 Å². The number of ether oxygens (including phenoxy) is 1. The fourth-order valence-electron chi connectivity index (χ4n) is 2.93. The van der Waals surface area contributed by atoms with Crippen molar-refractivity contribution in [2.45, 2.75) is 4.90 Å². The van der Waals surface area contributed by atoms with E-state index in [0.717, 1.165) is 22.8 Å². The van der Waals surface area contributed by atoms with Crippen molar-refractivity contribution >= 4 is 33.3 Å². The van der Waals surface area contributed by atoms with Crippen LogP contribution in [0.1, 0.15) is 20.7 Å². The van der Waals surface area contributed by atoms with Crippen LogP contribution in [0.5, 0.6) is 0 Å². The molecule has 0 fully saturated rings. The van der Waals surface area contributed by atoms with E-state index in [2.05, 4.69) is 4.72 Å². The zero-order valence-electron chi connectivity index (χ0n) is 17.9. The van der Waals surface area contributed by atoms with E-state index >= 15 is 0 Å². The van der Waals surface area contributed by atoms with E-state index in [1.165, 1.54) is 44.4 Å². The number of Topliss-reactive ketones (excluding diaryl/α,β-unsaturated/α-hetero) is 1. The number of carbonyl (C=O) groups is 2. The van der Waals surface area contributed by atoms with E-state index in [1.807, 2.05) is 0 Å². The molecule has 3 aromatic rings. The Kier molecular flexibility index (Phi) is 6.68. The number of nitrogens with zero attached hydrogens (tertiary/aromatic N) is 2. The van der Waals surface area contributed by atoms with Crippen molar-refractivity contribution in [1.82, 2.24) is 9.13 Å². The number of halogens is 1. The van der Waals surface area contributed by atoms with E-state index < -0.39 is 51.0 Å². The molecule has 0 spiro atoms. The number of nitrogens with two attached hydrogens (primary N) is 1. The summed E-state index contributed by atoms with van der Waals surface area (Å²) < 4.78 is 47.0. The first-order chi connectivity index (χ1) is 15.9. The zero-order chi connectivity index (χ0) is 25.2. The molecule has 0 aliphatic carbocycles. The van der Waals surface area contributed by atoms with Gasteiger partial charge in [0.2, 0.25) is 5.78 Å². The molecule has 3 N–H and O–H groups in total. The van der Waals surface area contributed by atoms with Crippen molar-refractivity contribution in [3.63, 3.8) is 0 Å². The SMILES string of the molecule is Cn1c(N)c(C(=O)COC(=O)c2cccc(S(=O)(=O)Nc3ccc(F)cc3)c2)c(=O)n(C)c1=O. The maximum Gasteiger partial charge on any atom is 0.338 e. The number of nitrogen functional groups attached to an aromatic ring is 1. The van der Waals surface area contributed by atoms with Gasteiger partial charge in [0, 0.05) is 19.8 Å². The lowest BCUT2D eigenvalue weighted by Crippen LogP contribution is -2.42. The number of hydrogen-bond donors (Lipinski definition) is 2. The van der Waals surface area contributed by atoms with Crippen molar-refractivity contribution in [2.24, 2.45) is 14.1 Å². The van der Waals surface area contributed by atoms with Crippen molar-refractivity contribution in [1.29, 1.82) is 0 Å². The summed E-state index contributed by atoms with van der Waals surface area (Å²) in [5.74, 6) is -2.90. The Labute approximate surface area is 192 Å². The Morgan fingerprint density at radius 3 is 2.35 bits per heavy atom. The van der Waals surface area contributed by atoms with Crippen molar-refractivity contribution in [3.05, 3.63) is 86.3 Å². The number of hydrogen-bond acceptors (Lipinski definition) is 8. The topological polar surface area (TPSA) is 160 Å². The van der Waals surface area contributed by atoms with Gasteiger partial charge in [-0.25, -0.2) is 22.4 Å². The Balaban J connectivity index is 1.78. The molecule has 34 heavy (non-hydrogen) atoms. The summed E-state index contributed by atoms with van der Waals surface area (Å²) in [6, 6.07) is 9.42. The first-order valence-corrected chi connectivity index (χ1v) is 11.0. The largest absolute Gasteiger partial charge is 0.454 e. The molecule has 2 aromatic carbocycles. The number of nitrogens with one attached hydrogen (secondary N) is 1.